The van der Waals surface area contributed by atoms with E-state index in [0.717, 1.165) is 109 Å². The van der Waals surface area contributed by atoms with Gasteiger partial charge in [-0.1, -0.05) is 286 Å². The number of aliphatic hydroxyl groups excluding tert-OH is 5. The molecule has 1 aliphatic heterocycles. The smallest absolute Gasteiger partial charge is 0.306 e. The first kappa shape index (κ1) is 75.9. The molecule has 1 rings (SSSR count). The van der Waals surface area contributed by atoms with Crippen molar-refractivity contribution in [3.63, 3.8) is 0 Å². The van der Waals surface area contributed by atoms with E-state index >= 15 is 0 Å². The zero-order valence-electron chi connectivity index (χ0n) is 51.9. The third kappa shape index (κ3) is 45.0. The highest BCUT2D eigenvalue weighted by Gasteiger charge is 2.47. The standard InChI is InChI=1S/C70H123NO10/c1-4-7-10-13-16-19-22-25-26-27-28-29-30-31-32-33-34-35-36-37-38-40-43-46-49-52-55-58-65(75)81-68-67(77)66(76)64(59-72)80-70(68)79-60-61(62(73)56-53-50-47-44-42-39-23-20-17-14-11-8-5-2)71-69(78)63(74)57-54-51-48-45-41-24-21-18-15-12-9-6-3/h7,10,16,19,25-26,28-29,31-32,34-35,53,56,61-64,66-68,70,72-74,76-77H,4-6,8-9,11-15,17-18,20-24,27,30,33,36-52,54-55,57-60H2,1-3H3,(H,71,78)/b10-7-,19-16-,26-25-,29-28-,32-31-,35-34-,56-53+. The molecule has 1 amide bonds. The summed E-state index contributed by atoms with van der Waals surface area (Å²) in [5, 5.41) is 57.1. The van der Waals surface area contributed by atoms with Crippen LogP contribution < -0.4 is 5.32 Å². The number of rotatable bonds is 56. The van der Waals surface area contributed by atoms with Crippen molar-refractivity contribution in [2.75, 3.05) is 13.2 Å². The summed E-state index contributed by atoms with van der Waals surface area (Å²) in [5.74, 6) is -1.20. The SMILES string of the molecule is CC/C=C\C/C=C\C/C=C\C/C=C\C/C=C\C/C=C\CCCCCCCCCCC(=O)OC1C(OCC(NC(=O)C(O)CCCCCCCCCCCCCC)C(O)/C=C/CCCCCCCCCCCCC)OC(CO)C(O)C1O. The Balaban J connectivity index is 2.58. The van der Waals surface area contributed by atoms with Crippen molar-refractivity contribution >= 4 is 11.9 Å². The molecule has 11 nitrogen and oxygen atoms in total. The first-order chi connectivity index (χ1) is 39.7. The number of carbonyl (C=O) groups excluding carboxylic acids is 2. The minimum absolute atomic E-state index is 0.111. The van der Waals surface area contributed by atoms with Crippen LogP contribution in [0.2, 0.25) is 0 Å². The molecule has 0 aromatic rings. The maximum absolute atomic E-state index is 13.4. The number of nitrogens with one attached hydrogen (secondary N) is 1. The van der Waals surface area contributed by atoms with Gasteiger partial charge < -0.3 is 45.1 Å². The van der Waals surface area contributed by atoms with Gasteiger partial charge in [0.1, 0.15) is 24.4 Å². The first-order valence-corrected chi connectivity index (χ1v) is 33.4. The molecular weight excluding hydrogens is 1010 g/mol. The summed E-state index contributed by atoms with van der Waals surface area (Å²) in [5.41, 5.74) is 0. The van der Waals surface area contributed by atoms with Crippen LogP contribution in [0.3, 0.4) is 0 Å². The van der Waals surface area contributed by atoms with Crippen LogP contribution in [0.15, 0.2) is 85.1 Å². The summed E-state index contributed by atoms with van der Waals surface area (Å²) >= 11 is 0. The molecule has 468 valence electrons. The van der Waals surface area contributed by atoms with Gasteiger partial charge in [0.05, 0.1) is 25.4 Å². The summed E-state index contributed by atoms with van der Waals surface area (Å²) in [6.07, 6.45) is 64.8. The van der Waals surface area contributed by atoms with E-state index in [1.165, 1.54) is 128 Å². The quantitative estimate of drug-likeness (QED) is 0.0195. The lowest BCUT2D eigenvalue weighted by Gasteiger charge is -2.41. The van der Waals surface area contributed by atoms with E-state index < -0.39 is 67.4 Å². The largest absolute Gasteiger partial charge is 0.454 e. The van der Waals surface area contributed by atoms with Gasteiger partial charge in [-0.05, 0) is 77.0 Å². The number of allylic oxidation sites excluding steroid dienone is 13. The second-order valence-electron chi connectivity index (χ2n) is 22.8. The summed E-state index contributed by atoms with van der Waals surface area (Å²) in [7, 11) is 0. The van der Waals surface area contributed by atoms with Gasteiger partial charge in [0, 0.05) is 6.42 Å². The van der Waals surface area contributed by atoms with Crippen LogP contribution >= 0.6 is 0 Å². The van der Waals surface area contributed by atoms with E-state index in [1.54, 1.807) is 6.08 Å². The highest BCUT2D eigenvalue weighted by Crippen LogP contribution is 2.26. The van der Waals surface area contributed by atoms with Crippen molar-refractivity contribution in [1.29, 1.82) is 0 Å². The topological polar surface area (TPSA) is 175 Å². The lowest BCUT2D eigenvalue weighted by atomic mass is 9.99. The number of hydrogen-bond acceptors (Lipinski definition) is 10. The molecular formula is C70H123NO10. The Labute approximate surface area is 495 Å². The zero-order chi connectivity index (χ0) is 58.9. The van der Waals surface area contributed by atoms with Crippen LogP contribution in [0.1, 0.15) is 284 Å². The van der Waals surface area contributed by atoms with E-state index in [0.29, 0.717) is 19.3 Å². The number of carbonyl (C=O) groups is 2. The molecule has 8 unspecified atom stereocenters. The normalized spacial score (nSPS) is 19.2. The second-order valence-corrected chi connectivity index (χ2v) is 22.8. The van der Waals surface area contributed by atoms with Crippen LogP contribution in [0.4, 0.5) is 0 Å². The predicted molar refractivity (Wildman–Crippen MR) is 338 cm³/mol. The molecule has 0 aromatic carbocycles. The molecule has 0 spiro atoms. The molecule has 81 heavy (non-hydrogen) atoms. The third-order valence-corrected chi connectivity index (χ3v) is 15.3. The van der Waals surface area contributed by atoms with Gasteiger partial charge in [-0.15, -0.1) is 0 Å². The summed E-state index contributed by atoms with van der Waals surface area (Å²) in [6.45, 7) is 5.68. The maximum atomic E-state index is 13.4. The van der Waals surface area contributed by atoms with Crippen LogP contribution in [-0.2, 0) is 23.8 Å². The molecule has 0 radical (unpaired) electrons. The Morgan fingerprint density at radius 1 is 0.494 bits per heavy atom. The van der Waals surface area contributed by atoms with Crippen molar-refractivity contribution in [3.8, 4) is 0 Å². The summed E-state index contributed by atoms with van der Waals surface area (Å²) in [6, 6.07) is -1.03. The van der Waals surface area contributed by atoms with Gasteiger partial charge >= 0.3 is 5.97 Å². The Hall–Kier alpha value is -3.16. The van der Waals surface area contributed by atoms with Gasteiger partial charge in [0.15, 0.2) is 12.4 Å². The number of esters is 1. The molecule has 6 N–H and O–H groups in total. The van der Waals surface area contributed by atoms with Crippen molar-refractivity contribution in [2.24, 2.45) is 0 Å². The van der Waals surface area contributed by atoms with Crippen LogP contribution in [-0.4, -0.2) is 99.6 Å². The van der Waals surface area contributed by atoms with Gasteiger partial charge in [0.2, 0.25) is 5.91 Å². The number of aliphatic hydroxyl groups is 5. The zero-order valence-corrected chi connectivity index (χ0v) is 51.9. The van der Waals surface area contributed by atoms with Crippen molar-refractivity contribution in [3.05, 3.63) is 85.1 Å². The van der Waals surface area contributed by atoms with Crippen molar-refractivity contribution in [2.45, 2.75) is 333 Å². The first-order valence-electron chi connectivity index (χ1n) is 33.4. The fraction of sp³-hybridized carbons (Fsp3) is 0.771. The average molecular weight is 1140 g/mol. The molecule has 8 atom stereocenters. The van der Waals surface area contributed by atoms with Crippen LogP contribution in [0.25, 0.3) is 0 Å². The molecule has 0 saturated carbocycles. The Morgan fingerprint density at radius 2 is 0.889 bits per heavy atom. The molecule has 11 heteroatoms. The van der Waals surface area contributed by atoms with Gasteiger partial charge in [-0.25, -0.2) is 0 Å². The monoisotopic (exact) mass is 1140 g/mol. The fourth-order valence-corrected chi connectivity index (χ4v) is 10.1. The third-order valence-electron chi connectivity index (χ3n) is 15.3. The van der Waals surface area contributed by atoms with Crippen molar-refractivity contribution < 1.29 is 49.3 Å². The fourth-order valence-electron chi connectivity index (χ4n) is 10.1. The molecule has 0 aliphatic carbocycles. The predicted octanol–water partition coefficient (Wildman–Crippen LogP) is 16.5. The number of amides is 1. The number of ether oxygens (including phenoxy) is 3. The van der Waals surface area contributed by atoms with E-state index in [1.807, 2.05) is 6.08 Å². The highest BCUT2D eigenvalue weighted by atomic mass is 16.7. The lowest BCUT2D eigenvalue weighted by Crippen LogP contribution is -2.61. The molecule has 1 heterocycles. The molecule has 0 aromatic heterocycles. The molecule has 1 fully saturated rings. The maximum Gasteiger partial charge on any atom is 0.306 e. The van der Waals surface area contributed by atoms with Crippen LogP contribution in [0.5, 0.6) is 0 Å². The van der Waals surface area contributed by atoms with Gasteiger partial charge in [-0.2, -0.15) is 0 Å². The average Bonchev–Trinajstić information content (AvgIpc) is 3.50. The van der Waals surface area contributed by atoms with E-state index in [4.69, 9.17) is 14.2 Å². The van der Waals surface area contributed by atoms with E-state index in [2.05, 4.69) is 99.0 Å². The van der Waals surface area contributed by atoms with Gasteiger partial charge in [-0.3, -0.25) is 9.59 Å². The second kappa shape index (κ2) is 57.3. The highest BCUT2D eigenvalue weighted by molar-refractivity contribution is 5.80. The summed E-state index contributed by atoms with van der Waals surface area (Å²) in [4.78, 5) is 26.6. The molecule has 1 aliphatic rings. The van der Waals surface area contributed by atoms with E-state index in [-0.39, 0.29) is 13.0 Å². The summed E-state index contributed by atoms with van der Waals surface area (Å²) < 4.78 is 17.7. The lowest BCUT2D eigenvalue weighted by molar-refractivity contribution is -0.305. The van der Waals surface area contributed by atoms with E-state index in [9.17, 15) is 35.1 Å². The minimum atomic E-state index is -1.62. The number of unbranched alkanes of at least 4 members (excludes halogenated alkanes) is 30. The van der Waals surface area contributed by atoms with Crippen LogP contribution in [0, 0.1) is 0 Å². The minimum Gasteiger partial charge on any atom is -0.454 e. The Bertz CT molecular complexity index is 1640. The Morgan fingerprint density at radius 3 is 1.33 bits per heavy atom. The Kier molecular flexibility index (Phi) is 53.6. The molecule has 1 saturated heterocycles. The molecule has 0 bridgehead atoms. The number of hydrogen-bond donors (Lipinski definition) is 6. The van der Waals surface area contributed by atoms with Crippen molar-refractivity contribution in [1.82, 2.24) is 5.32 Å². The van der Waals surface area contributed by atoms with Gasteiger partial charge in [0.25, 0.3) is 0 Å².